The zero-order chi connectivity index (χ0) is 16.8. The summed E-state index contributed by atoms with van der Waals surface area (Å²) < 4.78 is 0. The Morgan fingerprint density at radius 3 is 2.71 bits per heavy atom. The van der Waals surface area contributed by atoms with E-state index in [2.05, 4.69) is 15.5 Å². The van der Waals surface area contributed by atoms with E-state index in [4.69, 9.17) is 5.73 Å². The second-order valence-corrected chi connectivity index (χ2v) is 6.64. The molecule has 128 valence electrons. The predicted octanol–water partition coefficient (Wildman–Crippen LogP) is 4.00. The first-order valence-corrected chi connectivity index (χ1v) is 8.91. The third-order valence-corrected chi connectivity index (χ3v) is 4.84. The first kappa shape index (κ1) is 16.6. The molecule has 1 heterocycles. The molecule has 1 saturated carbocycles. The Bertz CT molecular complexity index is 672. The maximum Gasteiger partial charge on any atom is 0.225 e. The third kappa shape index (κ3) is 4.37. The molecular formula is C19H26N4O. The van der Waals surface area contributed by atoms with Gasteiger partial charge < -0.3 is 11.1 Å². The van der Waals surface area contributed by atoms with Crippen LogP contribution in [0, 0.1) is 0 Å². The maximum absolute atomic E-state index is 12.1. The van der Waals surface area contributed by atoms with Crippen molar-refractivity contribution in [1.82, 2.24) is 10.2 Å². The first-order valence-electron chi connectivity index (χ1n) is 8.91. The number of benzene rings is 1. The van der Waals surface area contributed by atoms with Crippen molar-refractivity contribution < 1.29 is 4.79 Å². The Morgan fingerprint density at radius 1 is 1.21 bits per heavy atom. The molecule has 0 bridgehead atoms. The van der Waals surface area contributed by atoms with Crippen molar-refractivity contribution in [3.05, 3.63) is 41.6 Å². The fraction of sp³-hybridized carbons (Fsp3) is 0.474. The number of nitrogen functional groups attached to an aromatic ring is 1. The van der Waals surface area contributed by atoms with Gasteiger partial charge in [0.25, 0.3) is 0 Å². The maximum atomic E-state index is 12.1. The van der Waals surface area contributed by atoms with Gasteiger partial charge in [-0.15, -0.1) is 0 Å². The minimum atomic E-state index is -0.0304. The minimum Gasteiger partial charge on any atom is -0.399 e. The molecule has 1 aliphatic rings. The lowest BCUT2D eigenvalue weighted by Gasteiger charge is -2.10. The summed E-state index contributed by atoms with van der Waals surface area (Å²) in [5.74, 6) is 1.15. The van der Waals surface area contributed by atoms with Crippen molar-refractivity contribution in [3.63, 3.8) is 0 Å². The van der Waals surface area contributed by atoms with E-state index in [0.717, 1.165) is 16.9 Å². The number of hydrogen-bond donors (Lipinski definition) is 3. The van der Waals surface area contributed by atoms with E-state index in [-0.39, 0.29) is 5.91 Å². The van der Waals surface area contributed by atoms with Gasteiger partial charge >= 0.3 is 0 Å². The quantitative estimate of drug-likeness (QED) is 0.573. The van der Waals surface area contributed by atoms with Crippen LogP contribution in [-0.2, 0) is 11.2 Å². The Morgan fingerprint density at radius 2 is 1.96 bits per heavy atom. The molecule has 3 rings (SSSR count). The van der Waals surface area contributed by atoms with Crippen LogP contribution in [0.25, 0.3) is 0 Å². The molecule has 0 radical (unpaired) electrons. The summed E-state index contributed by atoms with van der Waals surface area (Å²) in [6.07, 6.45) is 8.69. The number of aryl methyl sites for hydroxylation is 1. The van der Waals surface area contributed by atoms with Crippen molar-refractivity contribution >= 4 is 17.4 Å². The number of aromatic nitrogens is 2. The average molecular weight is 326 g/mol. The number of hydrogen-bond acceptors (Lipinski definition) is 3. The molecule has 0 aliphatic heterocycles. The molecule has 1 fully saturated rings. The van der Waals surface area contributed by atoms with E-state index >= 15 is 0 Å². The Hall–Kier alpha value is -2.30. The fourth-order valence-corrected chi connectivity index (χ4v) is 3.42. The third-order valence-electron chi connectivity index (χ3n) is 4.84. The number of amides is 1. The summed E-state index contributed by atoms with van der Waals surface area (Å²) >= 11 is 0. The van der Waals surface area contributed by atoms with Crippen LogP contribution >= 0.6 is 0 Å². The van der Waals surface area contributed by atoms with Gasteiger partial charge in [0, 0.05) is 29.8 Å². The summed E-state index contributed by atoms with van der Waals surface area (Å²) in [6, 6.07) is 9.65. The van der Waals surface area contributed by atoms with E-state index in [9.17, 15) is 4.79 Å². The number of nitrogens with one attached hydrogen (secondary N) is 2. The highest BCUT2D eigenvalue weighted by atomic mass is 16.1. The summed E-state index contributed by atoms with van der Waals surface area (Å²) in [6.45, 7) is 0. The highest BCUT2D eigenvalue weighted by molar-refractivity contribution is 5.90. The number of para-hydroxylation sites is 1. The summed E-state index contributed by atoms with van der Waals surface area (Å²) in [7, 11) is 0. The average Bonchev–Trinajstić information content (AvgIpc) is 2.87. The fourth-order valence-electron chi connectivity index (χ4n) is 3.42. The van der Waals surface area contributed by atoms with Gasteiger partial charge in [-0.2, -0.15) is 5.10 Å². The van der Waals surface area contributed by atoms with Crippen LogP contribution in [-0.4, -0.2) is 16.1 Å². The van der Waals surface area contributed by atoms with Gasteiger partial charge in [-0.05, 0) is 30.9 Å². The highest BCUT2D eigenvalue weighted by Crippen LogP contribution is 2.31. The van der Waals surface area contributed by atoms with Gasteiger partial charge in [0.15, 0.2) is 5.82 Å². The van der Waals surface area contributed by atoms with E-state index in [1.807, 2.05) is 30.3 Å². The van der Waals surface area contributed by atoms with Crippen LogP contribution in [0.1, 0.15) is 62.1 Å². The lowest BCUT2D eigenvalue weighted by atomic mass is 9.97. The smallest absolute Gasteiger partial charge is 0.225 e. The zero-order valence-electron chi connectivity index (χ0n) is 14.1. The summed E-state index contributed by atoms with van der Waals surface area (Å²) in [5.41, 5.74) is 8.81. The van der Waals surface area contributed by atoms with Gasteiger partial charge in [0.2, 0.25) is 5.91 Å². The van der Waals surface area contributed by atoms with Gasteiger partial charge in [-0.1, -0.05) is 43.9 Å². The molecule has 0 unspecified atom stereocenters. The van der Waals surface area contributed by atoms with Crippen LogP contribution in [0.4, 0.5) is 11.5 Å². The molecular weight excluding hydrogens is 300 g/mol. The van der Waals surface area contributed by atoms with E-state index < -0.39 is 0 Å². The number of nitrogens with zero attached hydrogens (tertiary/aromatic N) is 1. The molecule has 5 heteroatoms. The molecule has 1 aliphatic carbocycles. The van der Waals surface area contributed by atoms with Gasteiger partial charge in [-0.3, -0.25) is 9.89 Å². The number of nitrogens with two attached hydrogens (primary N) is 1. The molecule has 0 saturated heterocycles. The summed E-state index contributed by atoms with van der Waals surface area (Å²) in [5, 5.41) is 10.2. The molecule has 24 heavy (non-hydrogen) atoms. The van der Waals surface area contributed by atoms with Crippen LogP contribution in [0.3, 0.4) is 0 Å². The molecule has 4 N–H and O–H groups in total. The van der Waals surface area contributed by atoms with Crippen molar-refractivity contribution in [2.75, 3.05) is 11.1 Å². The standard InChI is InChI=1S/C19H26N4O/c20-16-10-6-5-7-14(16)11-12-19(24)21-18-13-17(22-23-18)15-8-3-1-2-4-9-15/h5-7,10,13,15H,1-4,8-9,11-12,20H2,(H2,21,22,23,24). The number of rotatable bonds is 5. The number of aromatic amines is 1. The molecule has 0 atom stereocenters. The van der Waals surface area contributed by atoms with Gasteiger partial charge in [-0.25, -0.2) is 0 Å². The number of anilines is 2. The topological polar surface area (TPSA) is 83.8 Å². The van der Waals surface area contributed by atoms with E-state index in [0.29, 0.717) is 24.6 Å². The largest absolute Gasteiger partial charge is 0.399 e. The zero-order valence-corrected chi connectivity index (χ0v) is 14.1. The van der Waals surface area contributed by atoms with Crippen molar-refractivity contribution in [2.45, 2.75) is 57.3 Å². The SMILES string of the molecule is Nc1ccccc1CCC(=O)Nc1cc(C2CCCCCC2)[nH]n1. The molecule has 1 amide bonds. The number of carbonyl (C=O) groups is 1. The molecule has 0 spiro atoms. The monoisotopic (exact) mass is 326 g/mol. The van der Waals surface area contributed by atoms with E-state index in [1.165, 1.54) is 38.5 Å². The Kier molecular flexibility index (Phi) is 5.51. The number of carbonyl (C=O) groups excluding carboxylic acids is 1. The van der Waals surface area contributed by atoms with Crippen LogP contribution in [0.15, 0.2) is 30.3 Å². The Balaban J connectivity index is 1.52. The normalized spacial score (nSPS) is 15.8. The number of H-pyrrole nitrogens is 1. The molecule has 2 aromatic rings. The Labute approximate surface area is 143 Å². The van der Waals surface area contributed by atoms with Crippen LogP contribution in [0.2, 0.25) is 0 Å². The van der Waals surface area contributed by atoms with Crippen molar-refractivity contribution in [1.29, 1.82) is 0 Å². The van der Waals surface area contributed by atoms with Crippen molar-refractivity contribution in [2.24, 2.45) is 0 Å². The molecule has 1 aromatic heterocycles. The van der Waals surface area contributed by atoms with Crippen molar-refractivity contribution in [3.8, 4) is 0 Å². The predicted molar refractivity (Wildman–Crippen MR) is 96.8 cm³/mol. The lowest BCUT2D eigenvalue weighted by molar-refractivity contribution is -0.116. The van der Waals surface area contributed by atoms with Crippen LogP contribution in [0.5, 0.6) is 0 Å². The van der Waals surface area contributed by atoms with Gasteiger partial charge in [0.1, 0.15) is 0 Å². The minimum absolute atomic E-state index is 0.0304. The highest BCUT2D eigenvalue weighted by Gasteiger charge is 2.17. The van der Waals surface area contributed by atoms with Gasteiger partial charge in [0.05, 0.1) is 0 Å². The second-order valence-electron chi connectivity index (χ2n) is 6.64. The lowest BCUT2D eigenvalue weighted by Crippen LogP contribution is -2.13. The van der Waals surface area contributed by atoms with Crippen LogP contribution < -0.4 is 11.1 Å². The second kappa shape index (κ2) is 7.99. The van der Waals surface area contributed by atoms with E-state index in [1.54, 1.807) is 0 Å². The summed E-state index contributed by atoms with van der Waals surface area (Å²) in [4.78, 5) is 12.1. The molecule has 5 nitrogen and oxygen atoms in total. The molecule has 1 aromatic carbocycles. The first-order chi connectivity index (χ1) is 11.7.